The van der Waals surface area contributed by atoms with Crippen molar-refractivity contribution in [3.8, 4) is 0 Å². The van der Waals surface area contributed by atoms with E-state index >= 15 is 0 Å². The average molecular weight is 1280 g/mol. The number of carbonyl (C=O) groups is 1. The van der Waals surface area contributed by atoms with E-state index in [9.17, 15) is 19.4 Å². The Morgan fingerprint density at radius 1 is 0.382 bits per heavy atom. The Morgan fingerprint density at radius 3 is 0.876 bits per heavy atom. The summed E-state index contributed by atoms with van der Waals surface area (Å²) in [5.41, 5.74) is 0. The predicted molar refractivity (Wildman–Crippen MR) is 390 cm³/mol. The summed E-state index contributed by atoms with van der Waals surface area (Å²) in [6.45, 7) is 4.80. The second-order valence-electron chi connectivity index (χ2n) is 29.5. The first-order valence-corrected chi connectivity index (χ1v) is 42.0. The van der Waals surface area contributed by atoms with E-state index in [2.05, 4.69) is 31.3 Å². The number of hydrogen-bond acceptors (Lipinski definition) is 6. The van der Waals surface area contributed by atoms with Crippen LogP contribution in [0.2, 0.25) is 0 Å². The van der Waals surface area contributed by atoms with Gasteiger partial charge < -0.3 is 28.8 Å². The van der Waals surface area contributed by atoms with Crippen LogP contribution in [0.3, 0.4) is 0 Å². The van der Waals surface area contributed by atoms with Crippen molar-refractivity contribution >= 4 is 13.7 Å². The number of phosphoric ester groups is 1. The Balaban J connectivity index is 3.85. The van der Waals surface area contributed by atoms with Gasteiger partial charge in [0, 0.05) is 6.42 Å². The molecule has 532 valence electrons. The third-order valence-electron chi connectivity index (χ3n) is 19.3. The molecule has 0 heterocycles. The van der Waals surface area contributed by atoms with E-state index in [0.717, 1.165) is 38.5 Å². The lowest BCUT2D eigenvalue weighted by Crippen LogP contribution is -2.46. The van der Waals surface area contributed by atoms with Crippen LogP contribution in [0.15, 0.2) is 12.2 Å². The molecule has 0 rings (SSSR count). The van der Waals surface area contributed by atoms with E-state index in [1.54, 1.807) is 0 Å². The fourth-order valence-electron chi connectivity index (χ4n) is 13.0. The van der Waals surface area contributed by atoms with E-state index < -0.39 is 20.0 Å². The van der Waals surface area contributed by atoms with Crippen LogP contribution in [0, 0.1) is 0 Å². The molecule has 0 bridgehead atoms. The van der Waals surface area contributed by atoms with Crippen molar-refractivity contribution in [3.63, 3.8) is 0 Å². The first kappa shape index (κ1) is 88.2. The summed E-state index contributed by atoms with van der Waals surface area (Å²) >= 11 is 0. The Hall–Kier alpha value is -0.760. The van der Waals surface area contributed by atoms with Crippen LogP contribution in [-0.4, -0.2) is 68.5 Å². The summed E-state index contributed by atoms with van der Waals surface area (Å²) in [5.74, 6) is -0.153. The Kier molecular flexibility index (Phi) is 70.9. The number of amides is 1. The van der Waals surface area contributed by atoms with Gasteiger partial charge >= 0.3 is 0 Å². The molecule has 8 nitrogen and oxygen atoms in total. The molecular formula is C80H161N2O6P. The second-order valence-corrected chi connectivity index (χ2v) is 30.9. The molecule has 0 aromatic carbocycles. The van der Waals surface area contributed by atoms with Crippen molar-refractivity contribution in [2.45, 2.75) is 456 Å². The zero-order chi connectivity index (χ0) is 64.8. The predicted octanol–water partition coefficient (Wildman–Crippen LogP) is 25.8. The molecule has 0 spiro atoms. The number of aliphatic hydroxyl groups is 1. The first-order chi connectivity index (χ1) is 43.5. The molecule has 3 unspecified atom stereocenters. The minimum Gasteiger partial charge on any atom is -0.756 e. The molecule has 2 N–H and O–H groups in total. The normalized spacial score (nSPS) is 13.5. The smallest absolute Gasteiger partial charge is 0.268 e. The molecule has 89 heavy (non-hydrogen) atoms. The van der Waals surface area contributed by atoms with Gasteiger partial charge in [0.15, 0.2) is 0 Å². The zero-order valence-corrected chi connectivity index (χ0v) is 62.1. The van der Waals surface area contributed by atoms with E-state index in [1.807, 2.05) is 21.1 Å². The highest BCUT2D eigenvalue weighted by molar-refractivity contribution is 7.45. The molecule has 0 aliphatic rings. The third-order valence-corrected chi connectivity index (χ3v) is 20.2. The van der Waals surface area contributed by atoms with E-state index in [1.165, 1.54) is 379 Å². The number of quaternary nitrogens is 1. The van der Waals surface area contributed by atoms with Gasteiger partial charge in [0.05, 0.1) is 39.9 Å². The van der Waals surface area contributed by atoms with Crippen LogP contribution in [-0.2, 0) is 18.4 Å². The summed E-state index contributed by atoms with van der Waals surface area (Å²) < 4.78 is 23.6. The maximum Gasteiger partial charge on any atom is 0.268 e. The molecule has 1 amide bonds. The molecule has 3 atom stereocenters. The highest BCUT2D eigenvalue weighted by Gasteiger charge is 2.24. The lowest BCUT2D eigenvalue weighted by molar-refractivity contribution is -0.870. The van der Waals surface area contributed by atoms with E-state index in [4.69, 9.17) is 9.05 Å². The summed E-state index contributed by atoms with van der Waals surface area (Å²) in [6, 6.07) is -0.798. The fraction of sp³-hybridized carbons (Fsp3) is 0.963. The number of aliphatic hydroxyl groups excluding tert-OH is 1. The van der Waals surface area contributed by atoms with E-state index in [0.29, 0.717) is 23.9 Å². The van der Waals surface area contributed by atoms with Crippen molar-refractivity contribution in [2.75, 3.05) is 40.9 Å². The molecule has 0 radical (unpaired) electrons. The Morgan fingerprint density at radius 2 is 0.618 bits per heavy atom. The van der Waals surface area contributed by atoms with E-state index in [-0.39, 0.29) is 19.1 Å². The van der Waals surface area contributed by atoms with Gasteiger partial charge in [0.1, 0.15) is 13.2 Å². The standard InChI is InChI=1S/C80H161N2O6P/c1-6-8-10-12-14-16-18-20-22-24-26-28-30-32-34-35-36-37-38-39-40-41-42-43-44-45-46-47-48-50-52-54-56-58-60-62-64-66-68-70-72-74-80(84)81-78(77-88-89(85,86)87-76-75-82(3,4)5)79(83)73-71-69-67-65-63-61-59-57-55-53-51-49-33-31-29-27-25-23-21-19-17-15-13-11-9-7-2/h24,26,78-79,83H,6-23,25,27-77H2,1-5H3,(H-,81,84,85,86)/b26-24-. The van der Waals surface area contributed by atoms with Gasteiger partial charge in [-0.15, -0.1) is 0 Å². The summed E-state index contributed by atoms with van der Waals surface area (Å²) in [7, 11) is 1.33. The third kappa shape index (κ3) is 74.5. The summed E-state index contributed by atoms with van der Waals surface area (Å²) in [5, 5.41) is 14.1. The number of hydrogen-bond donors (Lipinski definition) is 2. The molecule has 0 saturated carbocycles. The Bertz CT molecular complexity index is 1460. The number of likely N-dealkylation sites (N-methyl/N-ethyl adjacent to an activating group) is 1. The Labute approximate surface area is 558 Å². The molecule has 0 aromatic rings. The van der Waals surface area contributed by atoms with Gasteiger partial charge in [0.2, 0.25) is 5.91 Å². The van der Waals surface area contributed by atoms with Crippen LogP contribution in [0.5, 0.6) is 0 Å². The maximum absolute atomic E-state index is 13.1. The van der Waals surface area contributed by atoms with Crippen molar-refractivity contribution in [2.24, 2.45) is 0 Å². The van der Waals surface area contributed by atoms with Crippen molar-refractivity contribution in [3.05, 3.63) is 12.2 Å². The lowest BCUT2D eigenvalue weighted by Gasteiger charge is -2.30. The van der Waals surface area contributed by atoms with Crippen molar-refractivity contribution in [1.82, 2.24) is 5.32 Å². The van der Waals surface area contributed by atoms with Gasteiger partial charge in [-0.2, -0.15) is 0 Å². The van der Waals surface area contributed by atoms with Gasteiger partial charge in [-0.05, 0) is 38.5 Å². The topological polar surface area (TPSA) is 108 Å². The van der Waals surface area contributed by atoms with Gasteiger partial charge in [-0.3, -0.25) is 9.36 Å². The molecule has 0 aliphatic carbocycles. The number of rotatable bonds is 77. The number of nitrogens with zero attached hydrogens (tertiary/aromatic N) is 1. The number of allylic oxidation sites excluding steroid dienone is 2. The molecule has 0 fully saturated rings. The fourth-order valence-corrected chi connectivity index (χ4v) is 13.7. The van der Waals surface area contributed by atoms with Gasteiger partial charge in [0.25, 0.3) is 7.82 Å². The summed E-state index contributed by atoms with van der Waals surface area (Å²) in [4.78, 5) is 25.7. The quantitative estimate of drug-likeness (QED) is 0.0272. The van der Waals surface area contributed by atoms with Crippen LogP contribution >= 0.6 is 7.82 Å². The highest BCUT2D eigenvalue weighted by atomic mass is 31.2. The number of carbonyl (C=O) groups excluding carboxylic acids is 1. The minimum absolute atomic E-state index is 0.0165. The maximum atomic E-state index is 13.1. The SMILES string of the molecule is CCCCCCCCCC/C=C\CCCCCCCCCCCCCCCCCCCCCCCCCCCCCCCC(=O)NC(COP(=O)([O-])OCC[N+](C)(C)C)C(O)CCCCCCCCCCCCCCCCCCCCCCCCCCCC. The van der Waals surface area contributed by atoms with Gasteiger partial charge in [-0.1, -0.05) is 411 Å². The van der Waals surface area contributed by atoms with Crippen LogP contribution in [0.25, 0.3) is 0 Å². The molecule has 0 aromatic heterocycles. The number of unbranched alkanes of at least 4 members (excludes halogenated alkanes) is 62. The number of nitrogens with one attached hydrogen (secondary N) is 1. The highest BCUT2D eigenvalue weighted by Crippen LogP contribution is 2.38. The van der Waals surface area contributed by atoms with Crippen LogP contribution < -0.4 is 10.2 Å². The van der Waals surface area contributed by atoms with Crippen molar-refractivity contribution in [1.29, 1.82) is 0 Å². The van der Waals surface area contributed by atoms with Crippen LogP contribution in [0.4, 0.5) is 0 Å². The minimum atomic E-state index is -4.58. The molecule has 9 heteroatoms. The second kappa shape index (κ2) is 71.5. The number of phosphoric acid groups is 1. The molecule has 0 aliphatic heterocycles. The monoisotopic (exact) mass is 1280 g/mol. The first-order valence-electron chi connectivity index (χ1n) is 40.5. The van der Waals surface area contributed by atoms with Crippen molar-refractivity contribution < 1.29 is 32.9 Å². The molecular weight excluding hydrogens is 1120 g/mol. The summed E-state index contributed by atoms with van der Waals surface area (Å²) in [6.07, 6.45) is 93.5. The largest absolute Gasteiger partial charge is 0.756 e. The van der Waals surface area contributed by atoms with Gasteiger partial charge in [-0.25, -0.2) is 0 Å². The zero-order valence-electron chi connectivity index (χ0n) is 61.2. The average Bonchev–Trinajstić information content (AvgIpc) is 3.61. The lowest BCUT2D eigenvalue weighted by atomic mass is 10.0. The van der Waals surface area contributed by atoms with Crippen LogP contribution in [0.1, 0.15) is 444 Å². The molecule has 0 saturated heterocycles.